The van der Waals surface area contributed by atoms with Gasteiger partial charge in [-0.25, -0.2) is 0 Å². The zero-order valence-electron chi connectivity index (χ0n) is 12.2. The van der Waals surface area contributed by atoms with E-state index < -0.39 is 12.0 Å². The second kappa shape index (κ2) is 6.81. The molecule has 1 aliphatic rings. The Labute approximate surface area is 120 Å². The van der Waals surface area contributed by atoms with Crippen LogP contribution in [-0.2, 0) is 4.79 Å². The number of hydrogen-bond donors (Lipinski definition) is 1. The number of rotatable bonds is 5. The number of piperazine rings is 1. The first-order valence-electron chi connectivity index (χ1n) is 7.28. The highest BCUT2D eigenvalue weighted by atomic mass is 16.4. The van der Waals surface area contributed by atoms with Gasteiger partial charge in [-0.2, -0.15) is 0 Å². The van der Waals surface area contributed by atoms with E-state index in [-0.39, 0.29) is 0 Å². The van der Waals surface area contributed by atoms with E-state index in [1.807, 2.05) is 0 Å². The van der Waals surface area contributed by atoms with Gasteiger partial charge in [-0.15, -0.1) is 0 Å². The summed E-state index contributed by atoms with van der Waals surface area (Å²) in [5.74, 6) is -0.781. The molecule has 0 radical (unpaired) electrons. The molecule has 1 N–H and O–H groups in total. The Hall–Kier alpha value is -1.46. The van der Waals surface area contributed by atoms with Crippen molar-refractivity contribution >= 4 is 5.97 Å². The van der Waals surface area contributed by atoms with Crippen LogP contribution in [-0.4, -0.2) is 58.1 Å². The highest BCUT2D eigenvalue weighted by Gasteiger charge is 2.33. The Bertz CT molecular complexity index is 438. The second-order valence-electron chi connectivity index (χ2n) is 5.21. The maximum absolute atomic E-state index is 11.7. The van der Waals surface area contributed by atoms with Crippen molar-refractivity contribution in [2.45, 2.75) is 32.4 Å². The molecule has 1 aromatic heterocycles. The van der Waals surface area contributed by atoms with Crippen molar-refractivity contribution in [3.8, 4) is 0 Å². The van der Waals surface area contributed by atoms with E-state index in [1.54, 1.807) is 24.5 Å². The lowest BCUT2D eigenvalue weighted by Gasteiger charge is -2.42. The number of aliphatic carboxylic acids is 1. The molecule has 0 aromatic carbocycles. The van der Waals surface area contributed by atoms with Crippen LogP contribution >= 0.6 is 0 Å². The first-order valence-corrected chi connectivity index (χ1v) is 7.28. The summed E-state index contributed by atoms with van der Waals surface area (Å²) in [5.41, 5.74) is 0.812. The van der Waals surface area contributed by atoms with Gasteiger partial charge in [0.15, 0.2) is 0 Å². The van der Waals surface area contributed by atoms with Crippen molar-refractivity contribution in [1.82, 2.24) is 14.8 Å². The summed E-state index contributed by atoms with van der Waals surface area (Å²) in [6, 6.07) is 3.47. The van der Waals surface area contributed by atoms with Gasteiger partial charge in [0.2, 0.25) is 0 Å². The number of hydrogen-bond acceptors (Lipinski definition) is 4. The lowest BCUT2D eigenvalue weighted by Crippen LogP contribution is -2.54. The van der Waals surface area contributed by atoms with Gasteiger partial charge in [0.25, 0.3) is 0 Å². The van der Waals surface area contributed by atoms with Crippen molar-refractivity contribution in [2.75, 3.05) is 26.2 Å². The molecule has 0 bridgehead atoms. The molecule has 1 aliphatic heterocycles. The maximum Gasteiger partial charge on any atom is 0.325 e. The lowest BCUT2D eigenvalue weighted by molar-refractivity contribution is -0.145. The monoisotopic (exact) mass is 277 g/mol. The molecule has 1 saturated heterocycles. The number of carbonyl (C=O) groups is 1. The molecule has 0 saturated carbocycles. The van der Waals surface area contributed by atoms with Crippen LogP contribution in [0.4, 0.5) is 0 Å². The second-order valence-corrected chi connectivity index (χ2v) is 5.21. The van der Waals surface area contributed by atoms with E-state index in [0.717, 1.165) is 38.2 Å². The fraction of sp³-hybridized carbons (Fsp3) is 0.600. The highest BCUT2D eigenvalue weighted by molar-refractivity contribution is 5.75. The summed E-state index contributed by atoms with van der Waals surface area (Å²) in [7, 11) is 0. The molecule has 20 heavy (non-hydrogen) atoms. The van der Waals surface area contributed by atoms with Gasteiger partial charge in [0.1, 0.15) is 6.04 Å². The van der Waals surface area contributed by atoms with Crippen LogP contribution in [0.1, 0.15) is 31.9 Å². The molecule has 0 aliphatic carbocycles. The molecule has 2 rings (SSSR count). The first-order chi connectivity index (χ1) is 9.67. The molecule has 0 spiro atoms. The van der Waals surface area contributed by atoms with Gasteiger partial charge in [0.05, 0.1) is 0 Å². The largest absolute Gasteiger partial charge is 0.480 e. The van der Waals surface area contributed by atoms with Gasteiger partial charge < -0.3 is 5.11 Å². The quantitative estimate of drug-likeness (QED) is 0.886. The number of nitrogens with zero attached hydrogens (tertiary/aromatic N) is 3. The lowest BCUT2D eigenvalue weighted by atomic mass is 10.0. The molecule has 1 aromatic rings. The molecule has 0 amide bonds. The van der Waals surface area contributed by atoms with Crippen molar-refractivity contribution in [3.05, 3.63) is 30.1 Å². The minimum atomic E-state index is -0.781. The molecular formula is C15H23N3O2. The van der Waals surface area contributed by atoms with Gasteiger partial charge in [0, 0.05) is 38.1 Å². The summed E-state index contributed by atoms with van der Waals surface area (Å²) < 4.78 is 0. The Morgan fingerprint density at radius 3 is 2.65 bits per heavy atom. The van der Waals surface area contributed by atoms with E-state index >= 15 is 0 Å². The normalized spacial score (nSPS) is 22.6. The predicted molar refractivity (Wildman–Crippen MR) is 77.5 cm³/mol. The SMILES string of the molecule is CCC1CN(C(C(=O)O)c2ccncc2)CCN1CC. The van der Waals surface area contributed by atoms with Crippen LogP contribution < -0.4 is 0 Å². The van der Waals surface area contributed by atoms with E-state index in [9.17, 15) is 9.90 Å². The Morgan fingerprint density at radius 1 is 1.40 bits per heavy atom. The predicted octanol–water partition coefficient (Wildman–Crippen LogP) is 1.62. The van der Waals surface area contributed by atoms with Crippen LogP contribution in [0, 0.1) is 0 Å². The van der Waals surface area contributed by atoms with E-state index in [4.69, 9.17) is 0 Å². The molecule has 2 unspecified atom stereocenters. The Kier molecular flexibility index (Phi) is 5.09. The van der Waals surface area contributed by atoms with Gasteiger partial charge in [-0.05, 0) is 30.7 Å². The van der Waals surface area contributed by atoms with Crippen LogP contribution in [0.25, 0.3) is 0 Å². The summed E-state index contributed by atoms with van der Waals surface area (Å²) in [6.45, 7) is 7.89. The third-order valence-corrected chi connectivity index (χ3v) is 4.13. The van der Waals surface area contributed by atoms with Crippen molar-refractivity contribution in [2.24, 2.45) is 0 Å². The molecule has 1 fully saturated rings. The molecular weight excluding hydrogens is 254 g/mol. The van der Waals surface area contributed by atoms with Crippen molar-refractivity contribution < 1.29 is 9.90 Å². The average Bonchev–Trinajstić information content (AvgIpc) is 2.48. The number of pyridine rings is 1. The van der Waals surface area contributed by atoms with Gasteiger partial charge in [-0.1, -0.05) is 13.8 Å². The average molecular weight is 277 g/mol. The summed E-state index contributed by atoms with van der Waals surface area (Å²) in [4.78, 5) is 20.2. The molecule has 2 heterocycles. The topological polar surface area (TPSA) is 56.7 Å². The molecule has 2 atom stereocenters. The third kappa shape index (κ3) is 3.16. The fourth-order valence-electron chi connectivity index (χ4n) is 3.01. The third-order valence-electron chi connectivity index (χ3n) is 4.13. The Balaban J connectivity index is 2.17. The zero-order chi connectivity index (χ0) is 14.5. The van der Waals surface area contributed by atoms with Gasteiger partial charge >= 0.3 is 5.97 Å². The fourth-order valence-corrected chi connectivity index (χ4v) is 3.01. The number of aromatic nitrogens is 1. The molecule has 5 nitrogen and oxygen atoms in total. The first kappa shape index (κ1) is 14.9. The smallest absolute Gasteiger partial charge is 0.325 e. The van der Waals surface area contributed by atoms with Crippen LogP contribution in [0.3, 0.4) is 0 Å². The number of carboxylic acid groups (broad SMARTS) is 1. The van der Waals surface area contributed by atoms with E-state index in [1.165, 1.54) is 0 Å². The number of likely N-dealkylation sites (N-methyl/N-ethyl adjacent to an activating group) is 1. The zero-order valence-corrected chi connectivity index (χ0v) is 12.2. The van der Waals surface area contributed by atoms with Crippen molar-refractivity contribution in [3.63, 3.8) is 0 Å². The van der Waals surface area contributed by atoms with Crippen molar-refractivity contribution in [1.29, 1.82) is 0 Å². The van der Waals surface area contributed by atoms with Crippen LogP contribution in [0.15, 0.2) is 24.5 Å². The summed E-state index contributed by atoms with van der Waals surface area (Å²) >= 11 is 0. The standard InChI is InChI=1S/C15H23N3O2/c1-3-13-11-18(10-9-17(13)4-2)14(15(19)20)12-5-7-16-8-6-12/h5-8,13-14H,3-4,9-11H2,1-2H3,(H,19,20). The Morgan fingerprint density at radius 2 is 2.10 bits per heavy atom. The number of carboxylic acids is 1. The van der Waals surface area contributed by atoms with Gasteiger partial charge in [-0.3, -0.25) is 19.6 Å². The molecule has 110 valence electrons. The van der Waals surface area contributed by atoms with Crippen LogP contribution in [0.5, 0.6) is 0 Å². The summed E-state index contributed by atoms with van der Waals surface area (Å²) in [6.07, 6.45) is 4.36. The highest BCUT2D eigenvalue weighted by Crippen LogP contribution is 2.24. The maximum atomic E-state index is 11.7. The minimum absolute atomic E-state index is 0.442. The van der Waals surface area contributed by atoms with Crippen LogP contribution in [0.2, 0.25) is 0 Å². The minimum Gasteiger partial charge on any atom is -0.480 e. The summed E-state index contributed by atoms with van der Waals surface area (Å²) in [5, 5.41) is 9.59. The van der Waals surface area contributed by atoms with E-state index in [2.05, 4.69) is 28.6 Å². The molecule has 5 heteroatoms. The van der Waals surface area contributed by atoms with E-state index in [0.29, 0.717) is 6.04 Å².